The first kappa shape index (κ1) is 21.4. The number of rotatable bonds is 4. The summed E-state index contributed by atoms with van der Waals surface area (Å²) in [5, 5.41) is 0. The van der Waals surface area contributed by atoms with Crippen molar-refractivity contribution < 1.29 is 25.8 Å². The van der Waals surface area contributed by atoms with Crippen LogP contribution in [0.2, 0.25) is 0 Å². The molecule has 0 N–H and O–H groups in total. The van der Waals surface area contributed by atoms with E-state index in [4.69, 9.17) is 0 Å². The lowest BCUT2D eigenvalue weighted by molar-refractivity contribution is -0.0500. The lowest BCUT2D eigenvalue weighted by atomic mass is 9.76. The van der Waals surface area contributed by atoms with Crippen LogP contribution in [0.15, 0.2) is 78.9 Å². The number of alkyl halides is 3. The average Bonchev–Trinajstić information content (AvgIpc) is 2.94. The monoisotopic (exact) mass is 446 g/mol. The number of hydrogen-bond acceptors (Lipinski definition) is 3. The highest BCUT2D eigenvalue weighted by Gasteiger charge is 2.48. The fourth-order valence-electron chi connectivity index (χ4n) is 4.34. The van der Waals surface area contributed by atoms with Crippen molar-refractivity contribution in [2.75, 3.05) is 0 Å². The van der Waals surface area contributed by atoms with Crippen molar-refractivity contribution in [1.82, 2.24) is 0 Å². The predicted molar refractivity (Wildman–Crippen MR) is 112 cm³/mol. The van der Waals surface area contributed by atoms with Crippen molar-refractivity contribution in [3.05, 3.63) is 101 Å². The molecule has 31 heavy (non-hydrogen) atoms. The van der Waals surface area contributed by atoms with Gasteiger partial charge in [0.1, 0.15) is 5.75 Å². The lowest BCUT2D eigenvalue weighted by Crippen LogP contribution is -2.28. The van der Waals surface area contributed by atoms with Gasteiger partial charge in [-0.05, 0) is 59.6 Å². The lowest BCUT2D eigenvalue weighted by Gasteiger charge is -2.28. The quantitative estimate of drug-likeness (QED) is 0.274. The fraction of sp³-hybridized carbons (Fsp3) is 0.250. The summed E-state index contributed by atoms with van der Waals surface area (Å²) in [5.74, 6) is -0.177. The maximum atomic E-state index is 12.6. The molecule has 0 fully saturated rings. The molecule has 0 heterocycles. The van der Waals surface area contributed by atoms with Crippen LogP contribution >= 0.6 is 0 Å². The minimum absolute atomic E-state index is 0.00521. The Kier molecular flexibility index (Phi) is 5.79. The molecule has 0 saturated heterocycles. The molecule has 0 saturated carbocycles. The summed E-state index contributed by atoms with van der Waals surface area (Å²) in [6.07, 6.45) is 2.95. The van der Waals surface area contributed by atoms with E-state index in [-0.39, 0.29) is 17.6 Å². The van der Waals surface area contributed by atoms with Gasteiger partial charge in [-0.3, -0.25) is 0 Å². The Morgan fingerprint density at radius 1 is 0.806 bits per heavy atom. The van der Waals surface area contributed by atoms with Gasteiger partial charge < -0.3 is 4.18 Å². The smallest absolute Gasteiger partial charge is 0.376 e. The van der Waals surface area contributed by atoms with Gasteiger partial charge in [-0.1, -0.05) is 66.7 Å². The summed E-state index contributed by atoms with van der Waals surface area (Å²) in [6.45, 7) is 0. The van der Waals surface area contributed by atoms with Crippen molar-refractivity contribution >= 4 is 10.1 Å². The van der Waals surface area contributed by atoms with Gasteiger partial charge in [-0.15, -0.1) is 0 Å². The summed E-state index contributed by atoms with van der Waals surface area (Å²) in [4.78, 5) is 0. The van der Waals surface area contributed by atoms with Crippen molar-refractivity contribution in [2.45, 2.75) is 36.6 Å². The molecule has 0 bridgehead atoms. The zero-order chi connectivity index (χ0) is 22.1. The number of halogens is 3. The molecule has 0 spiro atoms. The molecular weight excluding hydrogens is 425 g/mol. The van der Waals surface area contributed by atoms with Gasteiger partial charge in [-0.2, -0.15) is 21.6 Å². The van der Waals surface area contributed by atoms with Gasteiger partial charge in [-0.25, -0.2) is 0 Å². The van der Waals surface area contributed by atoms with Gasteiger partial charge in [0.25, 0.3) is 0 Å². The van der Waals surface area contributed by atoms with Crippen LogP contribution in [0.25, 0.3) is 0 Å². The van der Waals surface area contributed by atoms with E-state index < -0.39 is 15.6 Å². The highest BCUT2D eigenvalue weighted by molar-refractivity contribution is 7.88. The zero-order valence-corrected chi connectivity index (χ0v) is 17.4. The van der Waals surface area contributed by atoms with Gasteiger partial charge in [0, 0.05) is 5.92 Å². The normalized spacial score (nSPS) is 19.3. The van der Waals surface area contributed by atoms with E-state index in [9.17, 15) is 21.6 Å². The minimum atomic E-state index is -5.70. The Balaban J connectivity index is 1.74. The molecule has 3 nitrogen and oxygen atoms in total. The number of hydrogen-bond donors (Lipinski definition) is 0. The second kappa shape index (κ2) is 8.38. The summed E-state index contributed by atoms with van der Waals surface area (Å²) >= 11 is 0. The Labute approximate surface area is 179 Å². The molecule has 7 heteroatoms. The first-order valence-electron chi connectivity index (χ1n) is 10.00. The molecule has 2 unspecified atom stereocenters. The standard InChI is InChI=1S/C24H21F3O3S/c25-24(26,27)31(28,29)30-20-15-13-19(14-16-20)23-21-11-5-4-9-18(21)10-6-12-22(23)17-7-2-1-3-8-17/h1-5,7-9,11,13-16,22-23H,6,10,12H2. The SMILES string of the molecule is O=S(=O)(Oc1ccc(C2c3ccccc3CCCC2c2ccccc2)cc1)C(F)(F)F. The van der Waals surface area contributed by atoms with Gasteiger partial charge in [0.15, 0.2) is 0 Å². The van der Waals surface area contributed by atoms with E-state index in [1.54, 1.807) is 12.1 Å². The fourth-order valence-corrected chi connectivity index (χ4v) is 4.80. The number of fused-ring (bicyclic) bond motifs is 1. The minimum Gasteiger partial charge on any atom is -0.376 e. The Bertz CT molecular complexity index is 1140. The van der Waals surface area contributed by atoms with Gasteiger partial charge in [0.05, 0.1) is 0 Å². The van der Waals surface area contributed by atoms with Crippen molar-refractivity contribution in [1.29, 1.82) is 0 Å². The predicted octanol–water partition coefficient (Wildman–Crippen LogP) is 6.17. The number of benzene rings is 3. The molecular formula is C24H21F3O3S. The molecule has 162 valence electrons. The van der Waals surface area contributed by atoms with Crippen LogP contribution in [-0.2, 0) is 16.5 Å². The van der Waals surface area contributed by atoms with Crippen molar-refractivity contribution in [3.63, 3.8) is 0 Å². The number of aryl methyl sites for hydroxylation is 1. The maximum Gasteiger partial charge on any atom is 0.534 e. The molecule has 1 aliphatic carbocycles. The molecule has 4 rings (SSSR count). The average molecular weight is 446 g/mol. The van der Waals surface area contributed by atoms with E-state index in [1.165, 1.54) is 28.8 Å². The molecule has 0 amide bonds. The molecule has 1 aliphatic rings. The first-order valence-corrected chi connectivity index (χ1v) is 11.4. The van der Waals surface area contributed by atoms with Gasteiger partial charge in [0.2, 0.25) is 0 Å². The van der Waals surface area contributed by atoms with E-state index in [1.807, 2.05) is 30.3 Å². The Hall–Kier alpha value is -2.80. The highest BCUT2D eigenvalue weighted by Crippen LogP contribution is 2.45. The molecule has 3 aromatic carbocycles. The van der Waals surface area contributed by atoms with E-state index >= 15 is 0 Å². The maximum absolute atomic E-state index is 12.6. The van der Waals surface area contributed by atoms with Gasteiger partial charge >= 0.3 is 15.6 Å². The van der Waals surface area contributed by atoms with E-state index in [2.05, 4.69) is 28.4 Å². The second-order valence-electron chi connectivity index (χ2n) is 7.64. The Morgan fingerprint density at radius 2 is 1.45 bits per heavy atom. The molecule has 3 aromatic rings. The summed E-state index contributed by atoms with van der Waals surface area (Å²) in [7, 11) is -5.70. The highest BCUT2D eigenvalue weighted by atomic mass is 32.2. The van der Waals surface area contributed by atoms with E-state index in [0.717, 1.165) is 24.8 Å². The van der Waals surface area contributed by atoms with Crippen LogP contribution in [0.3, 0.4) is 0 Å². The van der Waals surface area contributed by atoms with Crippen LogP contribution in [0.1, 0.15) is 46.9 Å². The van der Waals surface area contributed by atoms with Crippen molar-refractivity contribution in [3.8, 4) is 5.75 Å². The third-order valence-corrected chi connectivity index (χ3v) is 6.69. The van der Waals surface area contributed by atoms with E-state index in [0.29, 0.717) is 0 Å². The summed E-state index contributed by atoms with van der Waals surface area (Å²) in [6, 6.07) is 24.3. The topological polar surface area (TPSA) is 43.4 Å². The van der Waals surface area contributed by atoms with Crippen LogP contribution < -0.4 is 4.18 Å². The van der Waals surface area contributed by atoms with Crippen LogP contribution in [-0.4, -0.2) is 13.9 Å². The zero-order valence-electron chi connectivity index (χ0n) is 16.5. The molecule has 0 aliphatic heterocycles. The van der Waals surface area contributed by atoms with Crippen molar-refractivity contribution in [2.24, 2.45) is 0 Å². The van der Waals surface area contributed by atoms with Crippen LogP contribution in [0.4, 0.5) is 13.2 Å². The Morgan fingerprint density at radius 3 is 2.13 bits per heavy atom. The third kappa shape index (κ3) is 4.46. The van der Waals surface area contributed by atoms with Crippen LogP contribution in [0.5, 0.6) is 5.75 Å². The molecule has 0 aromatic heterocycles. The molecule has 2 atom stereocenters. The largest absolute Gasteiger partial charge is 0.534 e. The summed E-state index contributed by atoms with van der Waals surface area (Å²) < 4.78 is 64.8. The first-order chi connectivity index (χ1) is 14.8. The third-order valence-electron chi connectivity index (χ3n) is 5.71. The molecule has 0 radical (unpaired) electrons. The van der Waals surface area contributed by atoms with Crippen LogP contribution in [0, 0.1) is 0 Å². The summed E-state index contributed by atoms with van der Waals surface area (Å²) in [5.41, 5.74) is -0.926. The second-order valence-corrected chi connectivity index (χ2v) is 9.18.